The molecule has 10 nitrogen and oxygen atoms in total. The third-order valence-corrected chi connectivity index (χ3v) is 6.81. The standard InChI is InChI=1S/C31H23F5N4O6/c1-15-9-27(45-4)38-14-22(15)40-26(31(34,35)36)8-6-17(30(40)42)29(41)39-16-5-7-23(19(32)10-16)46-28-18-11-24(43-2)25(44-3)12-21(18)37-13-20(28)33/h5-14H,1-4H3,(H,39,41). The first-order valence-corrected chi connectivity index (χ1v) is 13.2. The van der Waals surface area contributed by atoms with Gasteiger partial charge >= 0.3 is 6.18 Å². The van der Waals surface area contributed by atoms with Gasteiger partial charge in [0.15, 0.2) is 34.6 Å². The molecule has 0 fully saturated rings. The van der Waals surface area contributed by atoms with E-state index in [4.69, 9.17) is 18.9 Å². The molecule has 2 aromatic carbocycles. The summed E-state index contributed by atoms with van der Waals surface area (Å²) in [5.41, 5.74) is -3.23. The predicted molar refractivity (Wildman–Crippen MR) is 155 cm³/mol. The molecule has 1 amide bonds. The minimum absolute atomic E-state index is 0.103. The van der Waals surface area contributed by atoms with Crippen molar-refractivity contribution < 1.29 is 45.7 Å². The maximum Gasteiger partial charge on any atom is 0.431 e. The van der Waals surface area contributed by atoms with Crippen molar-refractivity contribution in [2.75, 3.05) is 26.6 Å². The molecular weight excluding hydrogens is 619 g/mol. The van der Waals surface area contributed by atoms with Gasteiger partial charge in [0.05, 0.1) is 44.9 Å². The number of hydrogen-bond acceptors (Lipinski definition) is 8. The minimum atomic E-state index is -4.96. The van der Waals surface area contributed by atoms with Crippen LogP contribution in [0.4, 0.5) is 27.6 Å². The van der Waals surface area contributed by atoms with E-state index in [1.807, 2.05) is 0 Å². The number of alkyl halides is 3. The largest absolute Gasteiger partial charge is 0.493 e. The Bertz CT molecular complexity index is 2050. The number of aryl methyl sites for hydroxylation is 1. The number of carbonyl (C=O) groups is 1. The first-order chi connectivity index (χ1) is 21.9. The number of hydrogen-bond donors (Lipinski definition) is 1. The third kappa shape index (κ3) is 5.98. The summed E-state index contributed by atoms with van der Waals surface area (Å²) in [5, 5.41) is 2.44. The topological polar surface area (TPSA) is 114 Å². The number of anilines is 1. The normalized spacial score (nSPS) is 11.3. The molecule has 0 unspecified atom stereocenters. The Morgan fingerprint density at radius 3 is 2.20 bits per heavy atom. The monoisotopic (exact) mass is 642 g/mol. The third-order valence-electron chi connectivity index (χ3n) is 6.81. The van der Waals surface area contributed by atoms with Crippen molar-refractivity contribution in [1.29, 1.82) is 0 Å². The zero-order valence-corrected chi connectivity index (χ0v) is 24.5. The highest BCUT2D eigenvalue weighted by Crippen LogP contribution is 2.39. The van der Waals surface area contributed by atoms with Crippen molar-refractivity contribution >= 4 is 22.5 Å². The van der Waals surface area contributed by atoms with E-state index < -0.39 is 46.3 Å². The Balaban J connectivity index is 1.47. The number of methoxy groups -OCH3 is 3. The van der Waals surface area contributed by atoms with E-state index in [1.165, 1.54) is 52.5 Å². The maximum absolute atomic E-state index is 15.2. The van der Waals surface area contributed by atoms with Crippen LogP contribution in [-0.2, 0) is 6.18 Å². The highest BCUT2D eigenvalue weighted by Gasteiger charge is 2.36. The van der Waals surface area contributed by atoms with Crippen LogP contribution in [0.1, 0.15) is 21.6 Å². The van der Waals surface area contributed by atoms with E-state index in [0.29, 0.717) is 16.4 Å². The van der Waals surface area contributed by atoms with Crippen LogP contribution < -0.4 is 29.8 Å². The van der Waals surface area contributed by atoms with Gasteiger partial charge in [-0.1, -0.05) is 0 Å². The van der Waals surface area contributed by atoms with Gasteiger partial charge in [-0.2, -0.15) is 13.2 Å². The average Bonchev–Trinajstić information content (AvgIpc) is 3.02. The van der Waals surface area contributed by atoms with Crippen molar-refractivity contribution in [3.05, 3.63) is 99.7 Å². The molecule has 0 bridgehead atoms. The quantitative estimate of drug-likeness (QED) is 0.192. The number of amides is 1. The second-order valence-corrected chi connectivity index (χ2v) is 9.64. The lowest BCUT2D eigenvalue weighted by Gasteiger charge is -2.18. The van der Waals surface area contributed by atoms with E-state index in [9.17, 15) is 27.2 Å². The summed E-state index contributed by atoms with van der Waals surface area (Å²) in [6, 6.07) is 8.64. The van der Waals surface area contributed by atoms with Crippen LogP contribution in [0.2, 0.25) is 0 Å². The number of rotatable bonds is 8. The molecule has 0 radical (unpaired) electrons. The van der Waals surface area contributed by atoms with Gasteiger partial charge in [0.2, 0.25) is 5.88 Å². The molecule has 0 aliphatic carbocycles. The fourth-order valence-electron chi connectivity index (χ4n) is 4.58. The summed E-state index contributed by atoms with van der Waals surface area (Å²) in [7, 11) is 4.10. The van der Waals surface area contributed by atoms with Gasteiger partial charge < -0.3 is 24.3 Å². The fourth-order valence-corrected chi connectivity index (χ4v) is 4.58. The van der Waals surface area contributed by atoms with Gasteiger partial charge in [-0.3, -0.25) is 19.1 Å². The number of benzene rings is 2. The van der Waals surface area contributed by atoms with Crippen LogP contribution in [0, 0.1) is 18.6 Å². The number of halogens is 5. The zero-order valence-electron chi connectivity index (χ0n) is 24.5. The number of fused-ring (bicyclic) bond motifs is 1. The molecular formula is C31H23F5N4O6. The van der Waals surface area contributed by atoms with Gasteiger partial charge in [0.25, 0.3) is 11.5 Å². The molecule has 3 heterocycles. The van der Waals surface area contributed by atoms with Crippen molar-refractivity contribution in [1.82, 2.24) is 14.5 Å². The van der Waals surface area contributed by atoms with Crippen LogP contribution in [-0.4, -0.2) is 41.8 Å². The van der Waals surface area contributed by atoms with Gasteiger partial charge in [-0.05, 0) is 42.8 Å². The van der Waals surface area contributed by atoms with Crippen molar-refractivity contribution in [2.24, 2.45) is 0 Å². The molecule has 5 aromatic rings. The van der Waals surface area contributed by atoms with E-state index >= 15 is 4.39 Å². The smallest absolute Gasteiger partial charge is 0.431 e. The molecule has 0 saturated heterocycles. The zero-order chi connectivity index (χ0) is 33.3. The van der Waals surface area contributed by atoms with Crippen molar-refractivity contribution in [2.45, 2.75) is 13.1 Å². The molecule has 15 heteroatoms. The minimum Gasteiger partial charge on any atom is -0.493 e. The number of pyridine rings is 3. The molecule has 0 aliphatic rings. The SMILES string of the molecule is COc1cc(C)c(-n2c(C(F)(F)F)ccc(C(=O)Nc3ccc(Oc4c(F)cnc5cc(OC)c(OC)cc45)c(F)c3)c2=O)cn1. The van der Waals surface area contributed by atoms with E-state index in [0.717, 1.165) is 30.6 Å². The fraction of sp³-hybridized carbons (Fsp3) is 0.161. The lowest BCUT2D eigenvalue weighted by Crippen LogP contribution is -2.33. The Labute approximate surface area is 256 Å². The Kier molecular flexibility index (Phi) is 8.50. The van der Waals surface area contributed by atoms with Gasteiger partial charge in [0.1, 0.15) is 11.3 Å². The molecule has 0 atom stereocenters. The number of aromatic nitrogens is 3. The second kappa shape index (κ2) is 12.3. The molecule has 3 aromatic heterocycles. The van der Waals surface area contributed by atoms with Gasteiger partial charge in [0, 0.05) is 29.3 Å². The summed E-state index contributed by atoms with van der Waals surface area (Å²) in [6.45, 7) is 1.44. The highest BCUT2D eigenvalue weighted by molar-refractivity contribution is 6.04. The lowest BCUT2D eigenvalue weighted by atomic mass is 10.1. The highest BCUT2D eigenvalue weighted by atomic mass is 19.4. The van der Waals surface area contributed by atoms with Crippen LogP contribution in [0.5, 0.6) is 28.9 Å². The van der Waals surface area contributed by atoms with Gasteiger partial charge in [-0.15, -0.1) is 0 Å². The predicted octanol–water partition coefficient (Wildman–Crippen LogP) is 6.46. The number of carbonyl (C=O) groups excluding carboxylic acids is 1. The maximum atomic E-state index is 15.2. The van der Waals surface area contributed by atoms with Crippen LogP contribution in [0.3, 0.4) is 0 Å². The van der Waals surface area contributed by atoms with Crippen molar-refractivity contribution in [3.8, 4) is 34.6 Å². The summed E-state index contributed by atoms with van der Waals surface area (Å²) < 4.78 is 93.0. The summed E-state index contributed by atoms with van der Waals surface area (Å²) in [5.74, 6) is -3.19. The Hall–Kier alpha value is -5.73. The summed E-state index contributed by atoms with van der Waals surface area (Å²) in [4.78, 5) is 34.3. The molecule has 0 spiro atoms. The van der Waals surface area contributed by atoms with Crippen LogP contribution in [0.15, 0.2) is 65.7 Å². The molecule has 5 rings (SSSR count). The van der Waals surface area contributed by atoms with Crippen LogP contribution in [0.25, 0.3) is 16.6 Å². The van der Waals surface area contributed by atoms with E-state index in [2.05, 4.69) is 15.3 Å². The number of nitrogens with zero attached hydrogens (tertiary/aromatic N) is 3. The Morgan fingerprint density at radius 2 is 1.57 bits per heavy atom. The molecule has 0 aliphatic heterocycles. The molecule has 0 saturated carbocycles. The Morgan fingerprint density at radius 1 is 0.848 bits per heavy atom. The van der Waals surface area contributed by atoms with E-state index in [1.54, 1.807) is 0 Å². The first-order valence-electron chi connectivity index (χ1n) is 13.2. The van der Waals surface area contributed by atoms with Crippen molar-refractivity contribution in [3.63, 3.8) is 0 Å². The van der Waals surface area contributed by atoms with E-state index in [-0.39, 0.29) is 45.2 Å². The molecule has 1 N–H and O–H groups in total. The van der Waals surface area contributed by atoms with Gasteiger partial charge in [-0.25, -0.2) is 13.8 Å². The lowest BCUT2D eigenvalue weighted by molar-refractivity contribution is -0.142. The number of ether oxygens (including phenoxy) is 4. The summed E-state index contributed by atoms with van der Waals surface area (Å²) in [6.07, 6.45) is -3.06. The summed E-state index contributed by atoms with van der Waals surface area (Å²) >= 11 is 0. The average molecular weight is 643 g/mol. The molecule has 238 valence electrons. The molecule has 46 heavy (non-hydrogen) atoms. The van der Waals surface area contributed by atoms with Crippen LogP contribution >= 0.6 is 0 Å². The second-order valence-electron chi connectivity index (χ2n) is 9.64. The number of nitrogens with one attached hydrogen (secondary N) is 1. The first kappa shape index (κ1) is 31.7.